The Morgan fingerprint density at radius 2 is 2.14 bits per heavy atom. The van der Waals surface area contributed by atoms with Crippen LogP contribution in [0.5, 0.6) is 0 Å². The summed E-state index contributed by atoms with van der Waals surface area (Å²) in [5.74, 6) is 0.866. The number of amides is 1. The van der Waals surface area contributed by atoms with Crippen LogP contribution < -0.4 is 5.73 Å². The number of aryl methyl sites for hydroxylation is 2. The lowest BCUT2D eigenvalue weighted by Gasteiger charge is -2.20. The first-order valence-corrected chi connectivity index (χ1v) is 7.52. The summed E-state index contributed by atoms with van der Waals surface area (Å²) in [4.78, 5) is 14.7. The van der Waals surface area contributed by atoms with Gasteiger partial charge in [0.15, 0.2) is 5.76 Å². The molecular weight excluding hydrogens is 300 g/mol. The van der Waals surface area contributed by atoms with Crippen molar-refractivity contribution in [3.63, 3.8) is 0 Å². The fourth-order valence-corrected chi connectivity index (χ4v) is 3.31. The summed E-state index contributed by atoms with van der Waals surface area (Å²) < 4.78 is 5.90. The molecule has 22 heavy (non-hydrogen) atoms. The molecule has 1 saturated heterocycles. The summed E-state index contributed by atoms with van der Waals surface area (Å²) in [5, 5.41) is 1.03. The summed E-state index contributed by atoms with van der Waals surface area (Å²) in [5.41, 5.74) is 8.56. The van der Waals surface area contributed by atoms with Gasteiger partial charge in [0.1, 0.15) is 5.58 Å². The van der Waals surface area contributed by atoms with E-state index < -0.39 is 0 Å². The van der Waals surface area contributed by atoms with Crippen LogP contribution in [-0.2, 0) is 0 Å². The molecule has 1 fully saturated rings. The third-order valence-corrected chi connectivity index (χ3v) is 4.61. The van der Waals surface area contributed by atoms with Gasteiger partial charge in [-0.2, -0.15) is 0 Å². The van der Waals surface area contributed by atoms with Crippen molar-refractivity contribution in [1.29, 1.82) is 0 Å². The molecule has 0 bridgehead atoms. The Balaban J connectivity index is 0.00000176. The fraction of sp³-hybridized carbons (Fsp3) is 0.471. The van der Waals surface area contributed by atoms with Gasteiger partial charge in [-0.05, 0) is 45.2 Å². The topological polar surface area (TPSA) is 59.5 Å². The number of hydrogen-bond donors (Lipinski definition) is 1. The summed E-state index contributed by atoms with van der Waals surface area (Å²) >= 11 is 0. The highest BCUT2D eigenvalue weighted by Gasteiger charge is 2.34. The molecule has 2 unspecified atom stereocenters. The van der Waals surface area contributed by atoms with Crippen LogP contribution in [0.1, 0.15) is 35.0 Å². The number of likely N-dealkylation sites (tertiary alicyclic amines) is 1. The van der Waals surface area contributed by atoms with E-state index in [-0.39, 0.29) is 24.4 Å². The number of nitrogens with zero attached hydrogens (tertiary/aromatic N) is 1. The van der Waals surface area contributed by atoms with Crippen molar-refractivity contribution in [3.8, 4) is 0 Å². The van der Waals surface area contributed by atoms with Gasteiger partial charge >= 0.3 is 0 Å². The van der Waals surface area contributed by atoms with E-state index in [4.69, 9.17) is 10.2 Å². The van der Waals surface area contributed by atoms with E-state index in [2.05, 4.69) is 6.92 Å². The van der Waals surface area contributed by atoms with Crippen LogP contribution in [-0.4, -0.2) is 29.9 Å². The minimum atomic E-state index is -0.00782. The van der Waals surface area contributed by atoms with E-state index in [0.717, 1.165) is 35.1 Å². The number of fused-ring (bicyclic) bond motifs is 1. The second kappa shape index (κ2) is 6.31. The molecular formula is C17H23ClN2O2. The van der Waals surface area contributed by atoms with Crippen molar-refractivity contribution in [2.45, 2.75) is 33.2 Å². The molecule has 0 radical (unpaired) electrons. The van der Waals surface area contributed by atoms with E-state index in [0.29, 0.717) is 18.2 Å². The van der Waals surface area contributed by atoms with Crippen molar-refractivity contribution in [2.75, 3.05) is 13.1 Å². The molecule has 0 spiro atoms. The number of halogens is 1. The van der Waals surface area contributed by atoms with Crippen molar-refractivity contribution >= 4 is 29.3 Å². The molecule has 1 aliphatic heterocycles. The number of furan rings is 1. The van der Waals surface area contributed by atoms with Crippen molar-refractivity contribution in [2.24, 2.45) is 11.7 Å². The van der Waals surface area contributed by atoms with Crippen LogP contribution >= 0.6 is 12.4 Å². The zero-order valence-electron chi connectivity index (χ0n) is 13.3. The minimum absolute atomic E-state index is 0. The van der Waals surface area contributed by atoms with Crippen LogP contribution in [0.25, 0.3) is 11.0 Å². The zero-order valence-corrected chi connectivity index (χ0v) is 14.1. The van der Waals surface area contributed by atoms with Gasteiger partial charge in [-0.1, -0.05) is 18.2 Å². The Morgan fingerprint density at radius 3 is 2.73 bits per heavy atom. The van der Waals surface area contributed by atoms with Gasteiger partial charge in [0, 0.05) is 23.5 Å². The Hall–Kier alpha value is -1.52. The molecule has 0 saturated carbocycles. The fourth-order valence-electron chi connectivity index (χ4n) is 3.31. The standard InChI is InChI=1S/C17H22N2O2.ClH/c1-10-5-4-6-14-12(3)16(21-15(10)14)17(20)19-9-13(8-18)7-11(19)2;/h4-6,11,13H,7-9,18H2,1-3H3;1H. The van der Waals surface area contributed by atoms with E-state index >= 15 is 0 Å². The summed E-state index contributed by atoms with van der Waals surface area (Å²) in [6, 6.07) is 6.23. The lowest BCUT2D eigenvalue weighted by Crippen LogP contribution is -2.34. The Kier molecular flexibility index (Phi) is 4.83. The first-order chi connectivity index (χ1) is 10.0. The number of para-hydroxylation sites is 1. The molecule has 120 valence electrons. The molecule has 3 rings (SSSR count). The van der Waals surface area contributed by atoms with Gasteiger partial charge in [-0.3, -0.25) is 4.79 Å². The van der Waals surface area contributed by atoms with E-state index in [1.165, 1.54) is 0 Å². The highest BCUT2D eigenvalue weighted by Crippen LogP contribution is 2.31. The van der Waals surface area contributed by atoms with Crippen LogP contribution in [0.3, 0.4) is 0 Å². The molecule has 4 nitrogen and oxygen atoms in total. The highest BCUT2D eigenvalue weighted by molar-refractivity contribution is 5.99. The van der Waals surface area contributed by atoms with Crippen LogP contribution in [0.15, 0.2) is 22.6 Å². The van der Waals surface area contributed by atoms with Gasteiger partial charge in [0.25, 0.3) is 5.91 Å². The molecule has 2 atom stereocenters. The number of carbonyl (C=O) groups excluding carboxylic acids is 1. The second-order valence-electron chi connectivity index (χ2n) is 6.15. The van der Waals surface area contributed by atoms with Crippen molar-refractivity contribution in [1.82, 2.24) is 4.90 Å². The first-order valence-electron chi connectivity index (χ1n) is 7.52. The molecule has 2 heterocycles. The Labute approximate surface area is 137 Å². The van der Waals surface area contributed by atoms with Gasteiger partial charge in [-0.25, -0.2) is 0 Å². The summed E-state index contributed by atoms with van der Waals surface area (Å²) in [7, 11) is 0. The first kappa shape index (κ1) is 16.8. The van der Waals surface area contributed by atoms with E-state index in [1.807, 2.05) is 36.9 Å². The monoisotopic (exact) mass is 322 g/mol. The maximum absolute atomic E-state index is 12.8. The summed E-state index contributed by atoms with van der Waals surface area (Å²) in [6.07, 6.45) is 0.973. The van der Waals surface area contributed by atoms with Gasteiger partial charge in [0.05, 0.1) is 0 Å². The van der Waals surface area contributed by atoms with Crippen molar-refractivity contribution < 1.29 is 9.21 Å². The number of benzene rings is 1. The quantitative estimate of drug-likeness (QED) is 0.923. The van der Waals surface area contributed by atoms with E-state index in [1.54, 1.807) is 0 Å². The van der Waals surface area contributed by atoms with Crippen LogP contribution in [0, 0.1) is 19.8 Å². The predicted octanol–water partition coefficient (Wildman–Crippen LogP) is 3.28. The third kappa shape index (κ3) is 2.61. The number of rotatable bonds is 2. The lowest BCUT2D eigenvalue weighted by atomic mass is 10.1. The number of carbonyl (C=O) groups is 1. The van der Waals surface area contributed by atoms with Gasteiger partial charge in [0.2, 0.25) is 0 Å². The van der Waals surface area contributed by atoms with Crippen LogP contribution in [0.2, 0.25) is 0 Å². The second-order valence-corrected chi connectivity index (χ2v) is 6.15. The molecule has 1 aliphatic rings. The summed E-state index contributed by atoms with van der Waals surface area (Å²) in [6.45, 7) is 7.40. The molecule has 0 aliphatic carbocycles. The zero-order chi connectivity index (χ0) is 15.1. The van der Waals surface area contributed by atoms with Crippen molar-refractivity contribution in [3.05, 3.63) is 35.1 Å². The molecule has 1 amide bonds. The smallest absolute Gasteiger partial charge is 0.290 e. The average molecular weight is 323 g/mol. The molecule has 2 aromatic rings. The van der Waals surface area contributed by atoms with Gasteiger partial charge < -0.3 is 15.1 Å². The Bertz CT molecular complexity index is 695. The predicted molar refractivity (Wildman–Crippen MR) is 90.6 cm³/mol. The Morgan fingerprint density at radius 1 is 1.41 bits per heavy atom. The van der Waals surface area contributed by atoms with Gasteiger partial charge in [-0.15, -0.1) is 12.4 Å². The molecule has 5 heteroatoms. The number of nitrogens with two attached hydrogens (primary N) is 1. The maximum atomic E-state index is 12.8. The maximum Gasteiger partial charge on any atom is 0.290 e. The lowest BCUT2D eigenvalue weighted by molar-refractivity contribution is 0.0712. The largest absolute Gasteiger partial charge is 0.450 e. The normalized spacial score (nSPS) is 21.2. The molecule has 1 aromatic carbocycles. The highest BCUT2D eigenvalue weighted by atomic mass is 35.5. The van der Waals surface area contributed by atoms with E-state index in [9.17, 15) is 4.79 Å². The third-order valence-electron chi connectivity index (χ3n) is 4.61. The molecule has 2 N–H and O–H groups in total. The minimum Gasteiger partial charge on any atom is -0.450 e. The average Bonchev–Trinajstić information content (AvgIpc) is 3.01. The van der Waals surface area contributed by atoms with Crippen LogP contribution in [0.4, 0.5) is 0 Å². The number of hydrogen-bond acceptors (Lipinski definition) is 3. The SMILES string of the molecule is Cc1c(C(=O)N2CC(CN)CC2C)oc2c(C)cccc12.Cl. The molecule has 1 aromatic heterocycles.